The summed E-state index contributed by atoms with van der Waals surface area (Å²) in [6.07, 6.45) is 2.75. The number of aromatic nitrogens is 4. The van der Waals surface area contributed by atoms with Crippen LogP contribution in [-0.4, -0.2) is 20.2 Å². The van der Waals surface area contributed by atoms with Gasteiger partial charge in [-0.25, -0.2) is 9.97 Å². The molecule has 76 valence electrons. The fourth-order valence-corrected chi connectivity index (χ4v) is 1.04. The fourth-order valence-electron chi connectivity index (χ4n) is 1.04. The molecule has 2 rings (SSSR count). The van der Waals surface area contributed by atoms with Crippen LogP contribution < -0.4 is 5.32 Å². The molecule has 0 aliphatic heterocycles. The number of nitrogens with one attached hydrogen (secondary N) is 1. The van der Waals surface area contributed by atoms with Crippen LogP contribution in [0.15, 0.2) is 30.7 Å². The number of hydrogen-bond donors (Lipinski definition) is 1. The fraction of sp³-hybridized carbons (Fsp3) is 0.111. The second kappa shape index (κ2) is 4.41. The molecule has 0 aliphatic rings. The van der Waals surface area contributed by atoms with Crippen LogP contribution in [0.5, 0.6) is 0 Å². The highest BCUT2D eigenvalue weighted by Crippen LogP contribution is 2.03. The maximum absolute atomic E-state index is 12.7. The summed E-state index contributed by atoms with van der Waals surface area (Å²) in [7, 11) is 0. The number of nitrogens with zero attached hydrogens (tertiary/aromatic N) is 4. The summed E-state index contributed by atoms with van der Waals surface area (Å²) in [4.78, 5) is 7.19. The lowest BCUT2D eigenvalue weighted by Gasteiger charge is -2.03. The Bertz CT molecular complexity index is 434. The molecule has 2 aromatic rings. The van der Waals surface area contributed by atoms with Crippen molar-refractivity contribution in [3.63, 3.8) is 0 Å². The minimum atomic E-state index is -0.563. The average molecular weight is 205 g/mol. The molecule has 2 heterocycles. The van der Waals surface area contributed by atoms with Gasteiger partial charge in [-0.15, -0.1) is 0 Å². The molecular formula is C9H8FN5. The van der Waals surface area contributed by atoms with Gasteiger partial charge in [-0.05, 0) is 12.1 Å². The van der Waals surface area contributed by atoms with E-state index in [1.165, 1.54) is 6.07 Å². The molecule has 0 bridgehead atoms. The zero-order chi connectivity index (χ0) is 10.5. The molecule has 0 aromatic carbocycles. The van der Waals surface area contributed by atoms with Crippen molar-refractivity contribution in [2.75, 3.05) is 5.32 Å². The molecule has 0 atom stereocenters. The van der Waals surface area contributed by atoms with Gasteiger partial charge in [0.25, 0.3) is 0 Å². The molecule has 0 fully saturated rings. The van der Waals surface area contributed by atoms with Gasteiger partial charge in [0.2, 0.25) is 5.95 Å². The van der Waals surface area contributed by atoms with Gasteiger partial charge in [0.15, 0.2) is 0 Å². The molecule has 0 saturated heterocycles. The predicted molar refractivity (Wildman–Crippen MR) is 51.3 cm³/mol. The summed E-state index contributed by atoms with van der Waals surface area (Å²) in [5.74, 6) is -0.139. The van der Waals surface area contributed by atoms with E-state index in [0.717, 1.165) is 12.0 Å². The van der Waals surface area contributed by atoms with Gasteiger partial charge < -0.3 is 5.32 Å². The van der Waals surface area contributed by atoms with Crippen molar-refractivity contribution in [3.05, 3.63) is 42.4 Å². The molecule has 0 aliphatic carbocycles. The quantitative estimate of drug-likeness (QED) is 0.758. The van der Waals surface area contributed by atoms with Crippen LogP contribution in [0.2, 0.25) is 0 Å². The van der Waals surface area contributed by atoms with E-state index in [1.807, 2.05) is 6.07 Å². The maximum atomic E-state index is 12.7. The number of hydrogen-bond acceptors (Lipinski definition) is 5. The van der Waals surface area contributed by atoms with Gasteiger partial charge in [-0.3, -0.25) is 0 Å². The van der Waals surface area contributed by atoms with Crippen LogP contribution >= 0.6 is 0 Å². The summed E-state index contributed by atoms with van der Waals surface area (Å²) in [5, 5.41) is 10.5. The third kappa shape index (κ3) is 2.67. The van der Waals surface area contributed by atoms with Crippen LogP contribution in [0.1, 0.15) is 5.69 Å². The Hall–Kier alpha value is -2.11. The molecule has 1 N–H and O–H groups in total. The van der Waals surface area contributed by atoms with Gasteiger partial charge in [-0.1, -0.05) is 0 Å². The molecule has 6 heteroatoms. The molecule has 0 amide bonds. The Labute approximate surface area is 85.4 Å². The minimum Gasteiger partial charge on any atom is -0.364 e. The first kappa shape index (κ1) is 9.45. The number of halogens is 1. The van der Waals surface area contributed by atoms with Crippen molar-refractivity contribution in [2.45, 2.75) is 6.54 Å². The van der Waals surface area contributed by atoms with Crippen LogP contribution in [0.25, 0.3) is 0 Å². The molecule has 2 aromatic heterocycles. The normalized spacial score (nSPS) is 9.93. The van der Waals surface area contributed by atoms with E-state index in [1.54, 1.807) is 12.3 Å². The Morgan fingerprint density at radius 1 is 1.33 bits per heavy atom. The summed E-state index contributed by atoms with van der Waals surface area (Å²) < 4.78 is 12.7. The highest BCUT2D eigenvalue weighted by atomic mass is 19.1. The van der Waals surface area contributed by atoms with E-state index >= 15 is 0 Å². The molecule has 0 unspecified atom stereocenters. The van der Waals surface area contributed by atoms with Crippen molar-refractivity contribution < 1.29 is 4.39 Å². The van der Waals surface area contributed by atoms with Gasteiger partial charge in [0.1, 0.15) is 12.1 Å². The van der Waals surface area contributed by atoms with E-state index in [9.17, 15) is 4.39 Å². The van der Waals surface area contributed by atoms with Crippen LogP contribution in [0, 0.1) is 5.95 Å². The lowest BCUT2D eigenvalue weighted by molar-refractivity contribution is 0.580. The van der Waals surface area contributed by atoms with Gasteiger partial charge in [-0.2, -0.15) is 14.6 Å². The molecule has 0 radical (unpaired) electrons. The van der Waals surface area contributed by atoms with Gasteiger partial charge in [0, 0.05) is 12.3 Å². The van der Waals surface area contributed by atoms with E-state index in [2.05, 4.69) is 25.5 Å². The topological polar surface area (TPSA) is 63.6 Å². The molecule has 0 saturated carbocycles. The molecule has 15 heavy (non-hydrogen) atoms. The van der Waals surface area contributed by atoms with Crippen LogP contribution in [-0.2, 0) is 6.54 Å². The van der Waals surface area contributed by atoms with E-state index in [0.29, 0.717) is 12.4 Å². The minimum absolute atomic E-state index is 0.424. The van der Waals surface area contributed by atoms with Crippen LogP contribution in [0.4, 0.5) is 10.2 Å². The van der Waals surface area contributed by atoms with Crippen molar-refractivity contribution in [1.29, 1.82) is 0 Å². The van der Waals surface area contributed by atoms with Crippen molar-refractivity contribution in [2.24, 2.45) is 0 Å². The summed E-state index contributed by atoms with van der Waals surface area (Å²) in [6, 6.07) is 4.82. The Morgan fingerprint density at radius 2 is 2.27 bits per heavy atom. The monoisotopic (exact) mass is 205 g/mol. The molecule has 0 spiro atoms. The smallest absolute Gasteiger partial charge is 0.217 e. The van der Waals surface area contributed by atoms with Crippen molar-refractivity contribution in [3.8, 4) is 0 Å². The lowest BCUT2D eigenvalue weighted by Crippen LogP contribution is -2.04. The zero-order valence-electron chi connectivity index (χ0n) is 7.76. The Morgan fingerprint density at radius 3 is 3.00 bits per heavy atom. The lowest BCUT2D eigenvalue weighted by atomic mass is 10.4. The first-order valence-corrected chi connectivity index (χ1v) is 4.32. The number of rotatable bonds is 3. The molecular weight excluding hydrogens is 197 g/mol. The van der Waals surface area contributed by atoms with Gasteiger partial charge in [0.05, 0.1) is 12.2 Å². The largest absolute Gasteiger partial charge is 0.364 e. The Balaban J connectivity index is 1.99. The highest BCUT2D eigenvalue weighted by Gasteiger charge is 1.98. The Kier molecular flexibility index (Phi) is 2.77. The third-order valence-corrected chi connectivity index (χ3v) is 1.71. The summed E-state index contributed by atoms with van der Waals surface area (Å²) in [5.41, 5.74) is 0.761. The van der Waals surface area contributed by atoms with E-state index < -0.39 is 5.95 Å². The first-order chi connectivity index (χ1) is 7.34. The first-order valence-electron chi connectivity index (χ1n) is 4.32. The number of anilines is 1. The summed E-state index contributed by atoms with van der Waals surface area (Å²) >= 11 is 0. The van der Waals surface area contributed by atoms with E-state index in [4.69, 9.17) is 0 Å². The second-order valence-electron chi connectivity index (χ2n) is 2.79. The standard InChI is InChI=1S/C9H8FN5/c10-8-4-9(13-6-12-8)11-5-7-2-1-3-14-15-7/h1-4,6H,5H2,(H,11,12,13). The highest BCUT2D eigenvalue weighted by molar-refractivity contribution is 5.32. The van der Waals surface area contributed by atoms with Gasteiger partial charge >= 0.3 is 0 Å². The van der Waals surface area contributed by atoms with Crippen LogP contribution in [0.3, 0.4) is 0 Å². The predicted octanol–water partition coefficient (Wildman–Crippen LogP) is 1.02. The van der Waals surface area contributed by atoms with Crippen molar-refractivity contribution in [1.82, 2.24) is 20.2 Å². The van der Waals surface area contributed by atoms with Crippen molar-refractivity contribution >= 4 is 5.82 Å². The molecule has 5 nitrogen and oxygen atoms in total. The SMILES string of the molecule is Fc1cc(NCc2cccnn2)ncn1. The van der Waals surface area contributed by atoms with E-state index in [-0.39, 0.29) is 0 Å². The average Bonchev–Trinajstić information content (AvgIpc) is 2.28. The third-order valence-electron chi connectivity index (χ3n) is 1.71. The second-order valence-corrected chi connectivity index (χ2v) is 2.79. The maximum Gasteiger partial charge on any atom is 0.217 e. The zero-order valence-corrected chi connectivity index (χ0v) is 7.76. The summed E-state index contributed by atoms with van der Waals surface area (Å²) in [6.45, 7) is 0.449.